The molecular formula is C16H14ClN3O2S. The first-order chi connectivity index (χ1) is 11.0. The van der Waals surface area contributed by atoms with Gasteiger partial charge in [-0.05, 0) is 31.2 Å². The van der Waals surface area contributed by atoms with Crippen LogP contribution in [0, 0.1) is 6.92 Å². The molecule has 1 amide bonds. The van der Waals surface area contributed by atoms with Gasteiger partial charge in [-0.25, -0.2) is 4.98 Å². The smallest absolute Gasteiger partial charge is 0.258 e. The van der Waals surface area contributed by atoms with Crippen molar-refractivity contribution in [2.45, 2.75) is 13.3 Å². The van der Waals surface area contributed by atoms with Crippen molar-refractivity contribution >= 4 is 33.8 Å². The molecule has 23 heavy (non-hydrogen) atoms. The molecule has 118 valence electrons. The zero-order valence-corrected chi connectivity index (χ0v) is 13.9. The van der Waals surface area contributed by atoms with Crippen molar-refractivity contribution in [3.05, 3.63) is 68.0 Å². The first-order valence-corrected chi connectivity index (χ1v) is 8.31. The summed E-state index contributed by atoms with van der Waals surface area (Å²) in [6.07, 6.45) is 0.560. The number of aromatic nitrogens is 2. The fourth-order valence-electron chi connectivity index (χ4n) is 2.27. The Labute approximate surface area is 141 Å². The second kappa shape index (κ2) is 6.52. The van der Waals surface area contributed by atoms with E-state index in [0.717, 1.165) is 5.69 Å². The molecule has 7 heteroatoms. The van der Waals surface area contributed by atoms with Gasteiger partial charge in [-0.1, -0.05) is 11.6 Å². The summed E-state index contributed by atoms with van der Waals surface area (Å²) >= 11 is 7.22. The molecule has 0 saturated carbocycles. The second-order valence-electron chi connectivity index (χ2n) is 5.09. The largest absolute Gasteiger partial charge is 0.352 e. The Morgan fingerprint density at radius 3 is 2.83 bits per heavy atom. The summed E-state index contributed by atoms with van der Waals surface area (Å²) < 4.78 is 1.59. The topological polar surface area (TPSA) is 63.5 Å². The van der Waals surface area contributed by atoms with Crippen molar-refractivity contribution in [1.29, 1.82) is 0 Å². The third-order valence-corrected chi connectivity index (χ3v) is 4.50. The van der Waals surface area contributed by atoms with Crippen LogP contribution in [0.25, 0.3) is 4.96 Å². The van der Waals surface area contributed by atoms with E-state index in [2.05, 4.69) is 10.3 Å². The molecule has 2 aromatic heterocycles. The number of carbonyl (C=O) groups excluding carboxylic acids is 1. The molecule has 0 aliphatic rings. The molecule has 0 spiro atoms. The van der Waals surface area contributed by atoms with E-state index in [4.69, 9.17) is 11.6 Å². The predicted octanol–water partition coefficient (Wildman–Crippen LogP) is 2.69. The van der Waals surface area contributed by atoms with Crippen LogP contribution in [0.15, 0.2) is 40.5 Å². The minimum absolute atomic E-state index is 0.0900. The number of rotatable bonds is 4. The van der Waals surface area contributed by atoms with Gasteiger partial charge in [-0.15, -0.1) is 11.3 Å². The van der Waals surface area contributed by atoms with Crippen molar-refractivity contribution in [2.75, 3.05) is 6.54 Å². The summed E-state index contributed by atoms with van der Waals surface area (Å²) in [5.41, 5.74) is 2.02. The van der Waals surface area contributed by atoms with Gasteiger partial charge in [-0.3, -0.25) is 14.0 Å². The number of hydrogen-bond donors (Lipinski definition) is 1. The Morgan fingerprint density at radius 1 is 1.35 bits per heavy atom. The molecule has 1 aromatic carbocycles. The van der Waals surface area contributed by atoms with Crippen LogP contribution in [-0.2, 0) is 6.42 Å². The molecule has 3 rings (SSSR count). The van der Waals surface area contributed by atoms with Crippen molar-refractivity contribution in [1.82, 2.24) is 14.7 Å². The van der Waals surface area contributed by atoms with Crippen LogP contribution in [0.5, 0.6) is 0 Å². The number of amides is 1. The molecule has 2 heterocycles. The quantitative estimate of drug-likeness (QED) is 0.789. The van der Waals surface area contributed by atoms with E-state index < -0.39 is 0 Å². The first-order valence-electron chi connectivity index (χ1n) is 7.05. The predicted molar refractivity (Wildman–Crippen MR) is 91.6 cm³/mol. The fraction of sp³-hybridized carbons (Fsp3) is 0.188. The van der Waals surface area contributed by atoms with E-state index in [1.54, 1.807) is 35.6 Å². The number of aryl methyl sites for hydroxylation is 1. The van der Waals surface area contributed by atoms with Crippen LogP contribution in [0.2, 0.25) is 5.02 Å². The molecule has 0 fully saturated rings. The molecular weight excluding hydrogens is 334 g/mol. The van der Waals surface area contributed by atoms with Gasteiger partial charge in [0.25, 0.3) is 11.5 Å². The number of halogens is 1. The van der Waals surface area contributed by atoms with Gasteiger partial charge in [-0.2, -0.15) is 0 Å². The van der Waals surface area contributed by atoms with E-state index in [-0.39, 0.29) is 11.5 Å². The third-order valence-electron chi connectivity index (χ3n) is 3.38. The standard InChI is InChI=1S/C16H14ClN3O2S/c1-10-8-14(21)20-13(9-23-16(20)19-10)6-7-18-15(22)11-2-4-12(17)5-3-11/h2-5,8-9H,6-7H2,1H3,(H,18,22). The molecule has 5 nitrogen and oxygen atoms in total. The Balaban J connectivity index is 1.68. The molecule has 1 N–H and O–H groups in total. The number of hydrogen-bond acceptors (Lipinski definition) is 4. The summed E-state index contributed by atoms with van der Waals surface area (Å²) in [5, 5.41) is 5.33. The Bertz CT molecular complexity index is 915. The minimum Gasteiger partial charge on any atom is -0.352 e. The summed E-state index contributed by atoms with van der Waals surface area (Å²) in [6, 6.07) is 8.21. The highest BCUT2D eigenvalue weighted by atomic mass is 35.5. The monoisotopic (exact) mass is 347 g/mol. The lowest BCUT2D eigenvalue weighted by atomic mass is 10.2. The van der Waals surface area contributed by atoms with Crippen molar-refractivity contribution in [2.24, 2.45) is 0 Å². The molecule has 0 unspecified atom stereocenters. The van der Waals surface area contributed by atoms with E-state index >= 15 is 0 Å². The zero-order chi connectivity index (χ0) is 16.4. The highest BCUT2D eigenvalue weighted by Gasteiger charge is 2.09. The second-order valence-corrected chi connectivity index (χ2v) is 6.37. The van der Waals surface area contributed by atoms with Gasteiger partial charge in [0.2, 0.25) is 0 Å². The van der Waals surface area contributed by atoms with Gasteiger partial charge >= 0.3 is 0 Å². The molecule has 0 aliphatic carbocycles. The van der Waals surface area contributed by atoms with E-state index in [9.17, 15) is 9.59 Å². The van der Waals surface area contributed by atoms with Crippen LogP contribution < -0.4 is 10.9 Å². The zero-order valence-electron chi connectivity index (χ0n) is 12.4. The maximum Gasteiger partial charge on any atom is 0.258 e. The van der Waals surface area contributed by atoms with E-state index in [1.807, 2.05) is 5.38 Å². The van der Waals surface area contributed by atoms with Gasteiger partial charge in [0.15, 0.2) is 4.96 Å². The van der Waals surface area contributed by atoms with E-state index in [1.165, 1.54) is 17.4 Å². The van der Waals surface area contributed by atoms with Crippen LogP contribution in [0.1, 0.15) is 21.7 Å². The van der Waals surface area contributed by atoms with Gasteiger partial charge in [0, 0.05) is 46.4 Å². The normalized spacial score (nSPS) is 10.9. The highest BCUT2D eigenvalue weighted by molar-refractivity contribution is 7.15. The SMILES string of the molecule is Cc1cc(=O)n2c(CCNC(=O)c3ccc(Cl)cc3)csc2n1. The average Bonchev–Trinajstić information content (AvgIpc) is 2.91. The number of nitrogens with zero attached hydrogens (tertiary/aromatic N) is 2. The summed E-state index contributed by atoms with van der Waals surface area (Å²) in [5.74, 6) is -0.164. The van der Waals surface area contributed by atoms with Crippen LogP contribution in [-0.4, -0.2) is 21.8 Å². The summed E-state index contributed by atoms with van der Waals surface area (Å²) in [7, 11) is 0. The number of nitrogens with one attached hydrogen (secondary N) is 1. The Hall–Kier alpha value is -2.18. The molecule has 0 radical (unpaired) electrons. The van der Waals surface area contributed by atoms with Gasteiger partial charge < -0.3 is 5.32 Å². The lowest BCUT2D eigenvalue weighted by Crippen LogP contribution is -2.26. The summed E-state index contributed by atoms with van der Waals surface area (Å²) in [4.78, 5) is 29.1. The third kappa shape index (κ3) is 3.43. The Kier molecular flexibility index (Phi) is 4.45. The maximum absolute atomic E-state index is 12.1. The molecule has 0 aliphatic heterocycles. The lowest BCUT2D eigenvalue weighted by Gasteiger charge is -2.05. The minimum atomic E-state index is -0.164. The number of fused-ring (bicyclic) bond motifs is 1. The van der Waals surface area contributed by atoms with E-state index in [0.29, 0.717) is 34.2 Å². The van der Waals surface area contributed by atoms with Crippen LogP contribution >= 0.6 is 22.9 Å². The molecule has 0 bridgehead atoms. The number of carbonyl (C=O) groups is 1. The number of thiazole rings is 1. The summed E-state index contributed by atoms with van der Waals surface area (Å²) in [6.45, 7) is 2.24. The number of benzene rings is 1. The van der Waals surface area contributed by atoms with Crippen molar-refractivity contribution in [3.63, 3.8) is 0 Å². The molecule has 0 saturated heterocycles. The average molecular weight is 348 g/mol. The lowest BCUT2D eigenvalue weighted by molar-refractivity contribution is 0.0954. The molecule has 0 atom stereocenters. The maximum atomic E-state index is 12.1. The van der Waals surface area contributed by atoms with Crippen molar-refractivity contribution < 1.29 is 4.79 Å². The molecule has 3 aromatic rings. The fourth-order valence-corrected chi connectivity index (χ4v) is 3.37. The van der Waals surface area contributed by atoms with Crippen LogP contribution in [0.3, 0.4) is 0 Å². The Morgan fingerprint density at radius 2 is 2.09 bits per heavy atom. The van der Waals surface area contributed by atoms with Crippen LogP contribution in [0.4, 0.5) is 0 Å². The highest BCUT2D eigenvalue weighted by Crippen LogP contribution is 2.13. The van der Waals surface area contributed by atoms with Crippen molar-refractivity contribution in [3.8, 4) is 0 Å². The van der Waals surface area contributed by atoms with Gasteiger partial charge in [0.05, 0.1) is 0 Å². The first kappa shape index (κ1) is 15.7. The van der Waals surface area contributed by atoms with Gasteiger partial charge in [0.1, 0.15) is 0 Å².